The van der Waals surface area contributed by atoms with E-state index in [0.29, 0.717) is 6.10 Å². The number of ether oxygens (including phenoxy) is 1. The zero-order valence-electron chi connectivity index (χ0n) is 11.5. The van der Waals surface area contributed by atoms with E-state index < -0.39 is 0 Å². The van der Waals surface area contributed by atoms with E-state index in [1.165, 1.54) is 48.4 Å². The Morgan fingerprint density at radius 1 is 0.895 bits per heavy atom. The minimum absolute atomic E-state index is 0.517. The van der Waals surface area contributed by atoms with E-state index in [-0.39, 0.29) is 0 Å². The van der Waals surface area contributed by atoms with Crippen LogP contribution < -0.4 is 0 Å². The maximum atomic E-state index is 6.04. The molecule has 1 nitrogen and oxygen atoms in total. The topological polar surface area (TPSA) is 9.23 Å². The molecule has 0 radical (unpaired) electrons. The highest BCUT2D eigenvalue weighted by molar-refractivity contribution is 5.85. The van der Waals surface area contributed by atoms with Crippen LogP contribution in [-0.2, 0) is 11.2 Å². The first-order valence-electron chi connectivity index (χ1n) is 7.52. The summed E-state index contributed by atoms with van der Waals surface area (Å²) in [5.41, 5.74) is 1.41. The highest BCUT2D eigenvalue weighted by Gasteiger charge is 2.13. The molecule has 0 atom stereocenters. The first kappa shape index (κ1) is 12.7. The van der Waals surface area contributed by atoms with E-state index >= 15 is 0 Å². The number of rotatable bonds is 4. The molecule has 0 amide bonds. The van der Waals surface area contributed by atoms with Crippen molar-refractivity contribution >= 4 is 10.8 Å². The fourth-order valence-corrected chi connectivity index (χ4v) is 3.08. The van der Waals surface area contributed by atoms with Crippen molar-refractivity contribution in [3.05, 3.63) is 48.0 Å². The minimum Gasteiger partial charge on any atom is -0.378 e. The molecule has 0 saturated heterocycles. The highest BCUT2D eigenvalue weighted by atomic mass is 16.5. The van der Waals surface area contributed by atoms with Crippen LogP contribution in [0.3, 0.4) is 0 Å². The first-order chi connectivity index (χ1) is 9.43. The molecule has 1 saturated carbocycles. The molecule has 0 heterocycles. The summed E-state index contributed by atoms with van der Waals surface area (Å²) in [6.45, 7) is 0.860. The van der Waals surface area contributed by atoms with Gasteiger partial charge in [0.2, 0.25) is 0 Å². The second-order valence-corrected chi connectivity index (χ2v) is 5.52. The van der Waals surface area contributed by atoms with E-state index in [9.17, 15) is 0 Å². The molecule has 0 bridgehead atoms. The molecule has 19 heavy (non-hydrogen) atoms. The third kappa shape index (κ3) is 3.16. The van der Waals surface area contributed by atoms with Gasteiger partial charge in [-0.15, -0.1) is 0 Å². The third-order valence-corrected chi connectivity index (χ3v) is 4.16. The summed E-state index contributed by atoms with van der Waals surface area (Å²) < 4.78 is 6.04. The predicted octanol–water partition coefficient (Wildman–Crippen LogP) is 4.73. The van der Waals surface area contributed by atoms with Gasteiger partial charge in [-0.3, -0.25) is 0 Å². The Morgan fingerprint density at radius 2 is 1.68 bits per heavy atom. The minimum atomic E-state index is 0.517. The summed E-state index contributed by atoms with van der Waals surface area (Å²) in [7, 11) is 0. The number of benzene rings is 2. The molecule has 0 aromatic heterocycles. The Morgan fingerprint density at radius 3 is 2.58 bits per heavy atom. The van der Waals surface area contributed by atoms with E-state index in [2.05, 4.69) is 42.5 Å². The Labute approximate surface area is 115 Å². The van der Waals surface area contributed by atoms with Crippen molar-refractivity contribution in [2.45, 2.75) is 44.6 Å². The largest absolute Gasteiger partial charge is 0.378 e. The van der Waals surface area contributed by atoms with Crippen molar-refractivity contribution in [2.24, 2.45) is 0 Å². The standard InChI is InChI=1S/C18H22O/c1-2-10-17(11-3-1)19-14-13-16-9-6-8-15-7-4-5-12-18(15)16/h4-9,12,17H,1-3,10-11,13-14H2. The van der Waals surface area contributed by atoms with Gasteiger partial charge in [0.05, 0.1) is 12.7 Å². The second-order valence-electron chi connectivity index (χ2n) is 5.52. The SMILES string of the molecule is c1ccc2c(CCOC3CCCCC3)cccc2c1. The number of hydrogen-bond acceptors (Lipinski definition) is 1. The molecular formula is C18H22O. The van der Waals surface area contributed by atoms with Gasteiger partial charge >= 0.3 is 0 Å². The predicted molar refractivity (Wildman–Crippen MR) is 80.5 cm³/mol. The van der Waals surface area contributed by atoms with Gasteiger partial charge in [0.15, 0.2) is 0 Å². The lowest BCUT2D eigenvalue weighted by Crippen LogP contribution is -2.17. The van der Waals surface area contributed by atoms with E-state index in [4.69, 9.17) is 4.74 Å². The summed E-state index contributed by atoms with van der Waals surface area (Å²) in [5, 5.41) is 2.70. The number of hydrogen-bond donors (Lipinski definition) is 0. The molecule has 0 N–H and O–H groups in total. The summed E-state index contributed by atoms with van der Waals surface area (Å²) in [6, 6.07) is 15.2. The Bertz CT molecular complexity index is 521. The lowest BCUT2D eigenvalue weighted by atomic mass is 9.98. The van der Waals surface area contributed by atoms with Crippen LogP contribution in [0.4, 0.5) is 0 Å². The van der Waals surface area contributed by atoms with E-state index in [1.807, 2.05) is 0 Å². The molecule has 100 valence electrons. The van der Waals surface area contributed by atoms with Crippen molar-refractivity contribution in [1.29, 1.82) is 0 Å². The molecular weight excluding hydrogens is 232 g/mol. The van der Waals surface area contributed by atoms with Gasteiger partial charge in [-0.2, -0.15) is 0 Å². The molecule has 3 rings (SSSR count). The van der Waals surface area contributed by atoms with Crippen molar-refractivity contribution in [2.75, 3.05) is 6.61 Å². The smallest absolute Gasteiger partial charge is 0.0575 e. The number of fused-ring (bicyclic) bond motifs is 1. The maximum Gasteiger partial charge on any atom is 0.0575 e. The third-order valence-electron chi connectivity index (χ3n) is 4.16. The highest BCUT2D eigenvalue weighted by Crippen LogP contribution is 2.22. The van der Waals surface area contributed by atoms with Crippen LogP contribution in [0, 0.1) is 0 Å². The van der Waals surface area contributed by atoms with Crippen LogP contribution in [0.1, 0.15) is 37.7 Å². The maximum absolute atomic E-state index is 6.04. The summed E-state index contributed by atoms with van der Waals surface area (Å²) >= 11 is 0. The average molecular weight is 254 g/mol. The lowest BCUT2D eigenvalue weighted by Gasteiger charge is -2.22. The zero-order valence-corrected chi connectivity index (χ0v) is 11.5. The second kappa shape index (κ2) is 6.21. The van der Waals surface area contributed by atoms with Gasteiger partial charge < -0.3 is 4.74 Å². The summed E-state index contributed by atoms with van der Waals surface area (Å²) in [6.07, 6.45) is 8.15. The normalized spacial score (nSPS) is 16.8. The van der Waals surface area contributed by atoms with Crippen molar-refractivity contribution in [1.82, 2.24) is 0 Å². The molecule has 1 fully saturated rings. The van der Waals surface area contributed by atoms with Gasteiger partial charge in [-0.05, 0) is 35.6 Å². The van der Waals surface area contributed by atoms with Crippen molar-refractivity contribution < 1.29 is 4.74 Å². The Balaban J connectivity index is 1.62. The molecule has 1 heteroatoms. The Kier molecular flexibility index (Phi) is 4.14. The van der Waals surface area contributed by atoms with Crippen LogP contribution in [0.15, 0.2) is 42.5 Å². The quantitative estimate of drug-likeness (QED) is 0.766. The van der Waals surface area contributed by atoms with Gasteiger partial charge in [0.25, 0.3) is 0 Å². The Hall–Kier alpha value is -1.34. The van der Waals surface area contributed by atoms with Gasteiger partial charge in [0.1, 0.15) is 0 Å². The van der Waals surface area contributed by atoms with Crippen LogP contribution in [0.25, 0.3) is 10.8 Å². The molecule has 0 spiro atoms. The fourth-order valence-electron chi connectivity index (χ4n) is 3.08. The molecule has 0 aliphatic heterocycles. The molecule has 1 aliphatic rings. The van der Waals surface area contributed by atoms with E-state index in [1.54, 1.807) is 0 Å². The van der Waals surface area contributed by atoms with Crippen LogP contribution in [0.2, 0.25) is 0 Å². The average Bonchev–Trinajstić information content (AvgIpc) is 2.49. The van der Waals surface area contributed by atoms with E-state index in [0.717, 1.165) is 13.0 Å². The molecule has 2 aromatic rings. The van der Waals surface area contributed by atoms with Gasteiger partial charge in [-0.1, -0.05) is 61.7 Å². The van der Waals surface area contributed by atoms with Crippen LogP contribution in [-0.4, -0.2) is 12.7 Å². The molecule has 0 unspecified atom stereocenters. The summed E-state index contributed by atoms with van der Waals surface area (Å²) in [4.78, 5) is 0. The zero-order chi connectivity index (χ0) is 12.9. The first-order valence-corrected chi connectivity index (χ1v) is 7.52. The van der Waals surface area contributed by atoms with Gasteiger partial charge in [-0.25, -0.2) is 0 Å². The molecule has 1 aliphatic carbocycles. The monoisotopic (exact) mass is 254 g/mol. The van der Waals surface area contributed by atoms with Crippen molar-refractivity contribution in [3.63, 3.8) is 0 Å². The summed E-state index contributed by atoms with van der Waals surface area (Å²) in [5.74, 6) is 0. The van der Waals surface area contributed by atoms with Crippen LogP contribution >= 0.6 is 0 Å². The fraction of sp³-hybridized carbons (Fsp3) is 0.444. The van der Waals surface area contributed by atoms with Gasteiger partial charge in [0, 0.05) is 0 Å². The molecule has 2 aromatic carbocycles. The van der Waals surface area contributed by atoms with Crippen LogP contribution in [0.5, 0.6) is 0 Å². The lowest BCUT2D eigenvalue weighted by molar-refractivity contribution is 0.0304. The van der Waals surface area contributed by atoms with Crippen molar-refractivity contribution in [3.8, 4) is 0 Å².